The van der Waals surface area contributed by atoms with Crippen LogP contribution < -0.4 is 11.1 Å². The lowest BCUT2D eigenvalue weighted by Gasteiger charge is -2.40. The fourth-order valence-electron chi connectivity index (χ4n) is 2.73. The van der Waals surface area contributed by atoms with Crippen molar-refractivity contribution in [2.75, 3.05) is 13.1 Å². The molecule has 2 amide bonds. The monoisotopic (exact) mass is 213 g/mol. The Morgan fingerprint density at radius 2 is 2.00 bits per heavy atom. The van der Waals surface area contributed by atoms with Gasteiger partial charge in [0.15, 0.2) is 0 Å². The molecular formula is C10H16FN3O. The molecule has 1 aliphatic heterocycles. The molecule has 2 aliphatic carbocycles. The van der Waals surface area contributed by atoms with Gasteiger partial charge in [-0.2, -0.15) is 0 Å². The highest BCUT2D eigenvalue weighted by atomic mass is 19.1. The molecule has 3 aliphatic rings. The Morgan fingerprint density at radius 3 is 2.47 bits per heavy atom. The highest BCUT2D eigenvalue weighted by molar-refractivity contribution is 5.75. The van der Waals surface area contributed by atoms with E-state index in [4.69, 9.17) is 5.73 Å². The summed E-state index contributed by atoms with van der Waals surface area (Å²) < 4.78 is 12.5. The van der Waals surface area contributed by atoms with E-state index in [2.05, 4.69) is 5.32 Å². The van der Waals surface area contributed by atoms with Crippen LogP contribution in [-0.2, 0) is 0 Å². The van der Waals surface area contributed by atoms with Crippen LogP contribution >= 0.6 is 0 Å². The number of carbonyl (C=O) groups is 1. The maximum atomic E-state index is 12.5. The van der Waals surface area contributed by atoms with Crippen LogP contribution in [-0.4, -0.2) is 42.3 Å². The summed E-state index contributed by atoms with van der Waals surface area (Å²) in [6, 6.07) is 0.507. The van der Waals surface area contributed by atoms with Crippen molar-refractivity contribution in [1.29, 1.82) is 0 Å². The average Bonchev–Trinajstić information content (AvgIpc) is 2.71. The van der Waals surface area contributed by atoms with E-state index in [-0.39, 0.29) is 25.2 Å². The van der Waals surface area contributed by atoms with Crippen molar-refractivity contribution in [3.05, 3.63) is 0 Å². The number of carbonyl (C=O) groups excluding carboxylic acids is 1. The number of hydrogen-bond donors (Lipinski definition) is 2. The van der Waals surface area contributed by atoms with E-state index in [0.29, 0.717) is 11.5 Å². The van der Waals surface area contributed by atoms with Crippen LogP contribution in [0.15, 0.2) is 0 Å². The Balaban J connectivity index is 1.42. The molecule has 0 radical (unpaired) electrons. The number of nitrogens with one attached hydrogen (secondary N) is 1. The van der Waals surface area contributed by atoms with Gasteiger partial charge < -0.3 is 16.0 Å². The van der Waals surface area contributed by atoms with Crippen molar-refractivity contribution in [2.45, 2.75) is 37.5 Å². The fourth-order valence-corrected chi connectivity index (χ4v) is 2.73. The van der Waals surface area contributed by atoms with E-state index in [0.717, 1.165) is 19.3 Å². The topological polar surface area (TPSA) is 58.4 Å². The van der Waals surface area contributed by atoms with Gasteiger partial charge >= 0.3 is 6.03 Å². The number of likely N-dealkylation sites (tertiary alicyclic amines) is 1. The molecule has 0 bridgehead atoms. The third kappa shape index (κ3) is 1.40. The Kier molecular flexibility index (Phi) is 1.78. The summed E-state index contributed by atoms with van der Waals surface area (Å²) in [6.07, 6.45) is 2.30. The van der Waals surface area contributed by atoms with E-state index < -0.39 is 6.17 Å². The van der Waals surface area contributed by atoms with Crippen LogP contribution in [0.4, 0.5) is 9.18 Å². The first-order valence-electron chi connectivity index (χ1n) is 5.54. The maximum Gasteiger partial charge on any atom is 0.317 e. The van der Waals surface area contributed by atoms with E-state index >= 15 is 0 Å². The molecule has 0 aromatic carbocycles. The van der Waals surface area contributed by atoms with E-state index in [1.165, 1.54) is 4.90 Å². The van der Waals surface area contributed by atoms with Crippen LogP contribution in [0.25, 0.3) is 0 Å². The minimum Gasteiger partial charge on any atom is -0.335 e. The molecule has 15 heavy (non-hydrogen) atoms. The minimum atomic E-state index is -0.819. The summed E-state index contributed by atoms with van der Waals surface area (Å²) in [5.41, 5.74) is 6.15. The molecule has 1 heterocycles. The molecule has 1 saturated heterocycles. The number of urea groups is 1. The number of nitrogens with two attached hydrogens (primary N) is 1. The summed E-state index contributed by atoms with van der Waals surface area (Å²) >= 11 is 0. The number of rotatable bonds is 1. The van der Waals surface area contributed by atoms with Gasteiger partial charge in [-0.15, -0.1) is 0 Å². The quantitative estimate of drug-likeness (QED) is 0.655. The van der Waals surface area contributed by atoms with Crippen LogP contribution in [0.1, 0.15) is 19.3 Å². The van der Waals surface area contributed by atoms with Crippen LogP contribution in [0, 0.1) is 5.41 Å². The Morgan fingerprint density at radius 1 is 1.40 bits per heavy atom. The van der Waals surface area contributed by atoms with Crippen molar-refractivity contribution >= 4 is 6.03 Å². The summed E-state index contributed by atoms with van der Waals surface area (Å²) in [7, 11) is 0. The number of hydrogen-bond acceptors (Lipinski definition) is 2. The Hall–Kier alpha value is -0.840. The second-order valence-electron chi connectivity index (χ2n) is 5.23. The zero-order chi connectivity index (χ0) is 10.6. The van der Waals surface area contributed by atoms with Gasteiger partial charge in [0.2, 0.25) is 0 Å². The normalized spacial score (nSPS) is 43.5. The van der Waals surface area contributed by atoms with Gasteiger partial charge in [0, 0.05) is 12.1 Å². The predicted molar refractivity (Wildman–Crippen MR) is 53.0 cm³/mol. The molecule has 5 heteroatoms. The fraction of sp³-hybridized carbons (Fsp3) is 0.900. The molecule has 0 aromatic rings. The van der Waals surface area contributed by atoms with Crippen LogP contribution in [0.3, 0.4) is 0 Å². The lowest BCUT2D eigenvalue weighted by Crippen LogP contribution is -2.58. The predicted octanol–water partition coefficient (Wildman–Crippen LogP) is 0.230. The highest BCUT2D eigenvalue weighted by Crippen LogP contribution is 2.59. The third-order valence-corrected chi connectivity index (χ3v) is 4.01. The summed E-state index contributed by atoms with van der Waals surface area (Å²) in [4.78, 5) is 13.0. The van der Waals surface area contributed by atoms with E-state index in [1.807, 2.05) is 0 Å². The Labute approximate surface area is 88.0 Å². The van der Waals surface area contributed by atoms with Gasteiger partial charge in [0.05, 0.1) is 13.1 Å². The molecule has 0 aromatic heterocycles. The molecule has 1 atom stereocenters. The highest BCUT2D eigenvalue weighted by Gasteiger charge is 2.60. The van der Waals surface area contributed by atoms with E-state index in [1.54, 1.807) is 0 Å². The minimum absolute atomic E-state index is 0.113. The zero-order valence-electron chi connectivity index (χ0n) is 8.58. The van der Waals surface area contributed by atoms with Crippen LogP contribution in [0.5, 0.6) is 0 Å². The number of alkyl halides is 1. The first-order valence-corrected chi connectivity index (χ1v) is 5.54. The molecule has 3 rings (SSSR count). The smallest absolute Gasteiger partial charge is 0.317 e. The second kappa shape index (κ2) is 2.84. The molecule has 2 saturated carbocycles. The van der Waals surface area contributed by atoms with Gasteiger partial charge in [-0.25, -0.2) is 9.18 Å². The molecule has 1 unspecified atom stereocenters. The van der Waals surface area contributed by atoms with Gasteiger partial charge in [0.1, 0.15) is 6.17 Å². The first-order chi connectivity index (χ1) is 7.09. The molecule has 4 nitrogen and oxygen atoms in total. The maximum absolute atomic E-state index is 12.5. The summed E-state index contributed by atoms with van der Waals surface area (Å²) in [6.45, 7) is 0.506. The lowest BCUT2D eigenvalue weighted by atomic mass is 9.76. The summed E-state index contributed by atoms with van der Waals surface area (Å²) in [5.74, 6) is 0. The number of amides is 2. The van der Waals surface area contributed by atoms with E-state index in [9.17, 15) is 9.18 Å². The van der Waals surface area contributed by atoms with Gasteiger partial charge in [-0.3, -0.25) is 0 Å². The van der Waals surface area contributed by atoms with Crippen molar-refractivity contribution in [2.24, 2.45) is 11.1 Å². The molecule has 3 fully saturated rings. The van der Waals surface area contributed by atoms with Crippen molar-refractivity contribution in [3.63, 3.8) is 0 Å². The Bertz CT molecular complexity index is 297. The second-order valence-corrected chi connectivity index (χ2v) is 5.23. The van der Waals surface area contributed by atoms with Gasteiger partial charge in [-0.1, -0.05) is 0 Å². The third-order valence-electron chi connectivity index (χ3n) is 4.01. The van der Waals surface area contributed by atoms with Gasteiger partial charge in [-0.05, 0) is 24.7 Å². The number of nitrogens with zero attached hydrogens (tertiary/aromatic N) is 1. The van der Waals surface area contributed by atoms with Gasteiger partial charge in [0.25, 0.3) is 0 Å². The molecule has 1 spiro atoms. The largest absolute Gasteiger partial charge is 0.335 e. The SMILES string of the molecule is NC1CC12CC(NC(=O)N1CC(F)C1)C2. The molecular weight excluding hydrogens is 197 g/mol. The molecule has 84 valence electrons. The van der Waals surface area contributed by atoms with Crippen molar-refractivity contribution < 1.29 is 9.18 Å². The molecule has 3 N–H and O–H groups in total. The average molecular weight is 213 g/mol. The first kappa shape index (κ1) is 9.39. The standard InChI is InChI=1S/C10H16FN3O/c11-6-4-14(5-6)9(15)13-7-1-10(2-7)3-8(10)12/h6-8H,1-5,12H2,(H,13,15). The summed E-state index contributed by atoms with van der Waals surface area (Å²) in [5, 5.41) is 2.92. The van der Waals surface area contributed by atoms with Crippen molar-refractivity contribution in [3.8, 4) is 0 Å². The van der Waals surface area contributed by atoms with Crippen LogP contribution in [0.2, 0.25) is 0 Å². The van der Waals surface area contributed by atoms with Crippen molar-refractivity contribution in [1.82, 2.24) is 10.2 Å². The lowest BCUT2D eigenvalue weighted by molar-refractivity contribution is 0.0813. The zero-order valence-corrected chi connectivity index (χ0v) is 8.58. The number of halogens is 1.